The average molecular weight is 376 g/mol. The van der Waals surface area contributed by atoms with E-state index in [0.29, 0.717) is 22.6 Å². The molecule has 0 aliphatic rings. The van der Waals surface area contributed by atoms with Gasteiger partial charge in [-0.05, 0) is 30.3 Å². The molecule has 2 aromatic carbocycles. The predicted molar refractivity (Wildman–Crippen MR) is 91.8 cm³/mol. The van der Waals surface area contributed by atoms with Crippen LogP contribution in [0.2, 0.25) is 0 Å². The largest absolute Gasteiger partial charge is 0.497 e. The second kappa shape index (κ2) is 8.19. The van der Waals surface area contributed by atoms with E-state index in [1.807, 2.05) is 6.07 Å². The van der Waals surface area contributed by atoms with E-state index in [2.05, 4.69) is 31.6 Å². The first-order valence-corrected chi connectivity index (χ1v) is 7.49. The van der Waals surface area contributed by atoms with Gasteiger partial charge in [0.1, 0.15) is 12.3 Å². The minimum atomic E-state index is -0.377. The van der Waals surface area contributed by atoms with Crippen LogP contribution in [0.1, 0.15) is 15.9 Å². The summed E-state index contributed by atoms with van der Waals surface area (Å²) in [5, 5.41) is 6.87. The smallest absolute Gasteiger partial charge is 0.271 e. The van der Waals surface area contributed by atoms with Crippen LogP contribution in [0.5, 0.6) is 5.75 Å². The van der Waals surface area contributed by atoms with Gasteiger partial charge in [0.2, 0.25) is 0 Å². The summed E-state index contributed by atoms with van der Waals surface area (Å²) in [5.41, 5.74) is 3.89. The second-order valence-corrected chi connectivity index (χ2v) is 5.44. The quantitative estimate of drug-likeness (QED) is 0.477. The van der Waals surface area contributed by atoms with E-state index in [9.17, 15) is 9.70 Å². The number of carbonyl (C=O) groups excluding carboxylic acids is 1. The molecule has 0 aliphatic carbocycles. The van der Waals surface area contributed by atoms with Crippen molar-refractivity contribution in [1.29, 1.82) is 0 Å². The molecule has 23 heavy (non-hydrogen) atoms. The normalized spacial score (nSPS) is 11.0. The third-order valence-corrected chi connectivity index (χ3v) is 3.49. The van der Waals surface area contributed by atoms with E-state index in [1.165, 1.54) is 0 Å². The minimum absolute atomic E-state index is 0.161. The number of hydrogen-bond acceptors (Lipinski definition) is 5. The molecule has 0 aromatic heterocycles. The molecule has 1 amide bonds. The maximum absolute atomic E-state index is 12.1. The summed E-state index contributed by atoms with van der Waals surface area (Å²) in [5.74, 6) is 0.247. The van der Waals surface area contributed by atoms with Gasteiger partial charge in [-0.25, -0.2) is 5.43 Å². The van der Waals surface area contributed by atoms with Gasteiger partial charge in [-0.2, -0.15) is 10.0 Å². The number of nitrogens with one attached hydrogen (secondary N) is 1. The molecule has 2 rings (SSSR count). The van der Waals surface area contributed by atoms with E-state index < -0.39 is 0 Å². The number of amides is 1. The topological polar surface area (TPSA) is 80.1 Å². The molecule has 6 nitrogen and oxygen atoms in total. The number of nitroso groups, excluding NO2 is 1. The Kier molecular flexibility index (Phi) is 5.99. The van der Waals surface area contributed by atoms with Gasteiger partial charge >= 0.3 is 0 Å². The van der Waals surface area contributed by atoms with E-state index in [1.54, 1.807) is 49.6 Å². The fraction of sp³-hybridized carbons (Fsp3) is 0.125. The van der Waals surface area contributed by atoms with Crippen molar-refractivity contribution in [2.24, 2.45) is 10.3 Å². The molecule has 0 fully saturated rings. The Morgan fingerprint density at radius 3 is 2.61 bits per heavy atom. The van der Waals surface area contributed by atoms with Crippen molar-refractivity contribution in [2.75, 3.05) is 13.7 Å². The lowest BCUT2D eigenvalue weighted by Gasteiger charge is -2.06. The van der Waals surface area contributed by atoms with E-state index in [0.717, 1.165) is 4.47 Å². The molecule has 0 saturated heterocycles. The number of ether oxygens (including phenoxy) is 1. The molecule has 0 saturated carbocycles. The molecule has 0 aliphatic heterocycles. The van der Waals surface area contributed by atoms with Gasteiger partial charge in [0.15, 0.2) is 0 Å². The molecule has 118 valence electrons. The first kappa shape index (κ1) is 16.8. The van der Waals surface area contributed by atoms with Gasteiger partial charge in [0.25, 0.3) is 5.91 Å². The monoisotopic (exact) mass is 375 g/mol. The molecular formula is C16H14BrN3O3. The fourth-order valence-corrected chi connectivity index (χ4v) is 2.27. The van der Waals surface area contributed by atoms with E-state index in [4.69, 9.17) is 4.74 Å². The number of rotatable bonds is 6. The number of hydrazone groups is 1. The van der Waals surface area contributed by atoms with Crippen LogP contribution in [0.15, 0.2) is 63.3 Å². The van der Waals surface area contributed by atoms with Crippen molar-refractivity contribution in [2.45, 2.75) is 0 Å². The standard InChI is InChI=1S/C16H14BrN3O3/c1-23-14-7-3-4-11(9-14)15(10-18-22)19-20-16(21)12-5-2-6-13(17)8-12/h2-9H,10H2,1H3,(H,20,21). The van der Waals surface area contributed by atoms with Crippen LogP contribution in [0.25, 0.3) is 0 Å². The van der Waals surface area contributed by atoms with Crippen LogP contribution in [0, 0.1) is 4.91 Å². The summed E-state index contributed by atoms with van der Waals surface area (Å²) >= 11 is 3.30. The van der Waals surface area contributed by atoms with Crippen molar-refractivity contribution in [1.82, 2.24) is 5.43 Å². The Morgan fingerprint density at radius 1 is 1.17 bits per heavy atom. The number of carbonyl (C=O) groups is 1. The predicted octanol–water partition coefficient (Wildman–Crippen LogP) is 3.36. The Balaban J connectivity index is 2.21. The molecule has 2 aromatic rings. The van der Waals surface area contributed by atoms with Crippen LogP contribution in [-0.2, 0) is 0 Å². The lowest BCUT2D eigenvalue weighted by molar-refractivity contribution is 0.0955. The average Bonchev–Trinajstić information content (AvgIpc) is 2.58. The molecule has 0 heterocycles. The third-order valence-electron chi connectivity index (χ3n) is 3.00. The summed E-state index contributed by atoms with van der Waals surface area (Å²) in [6.07, 6.45) is 0. The summed E-state index contributed by atoms with van der Waals surface area (Å²) in [4.78, 5) is 22.7. The molecule has 0 atom stereocenters. The molecule has 1 N–H and O–H groups in total. The van der Waals surface area contributed by atoms with Gasteiger partial charge in [-0.3, -0.25) is 4.79 Å². The maximum Gasteiger partial charge on any atom is 0.271 e. The van der Waals surface area contributed by atoms with E-state index >= 15 is 0 Å². The zero-order valence-electron chi connectivity index (χ0n) is 12.3. The van der Waals surface area contributed by atoms with Crippen LogP contribution in [0.3, 0.4) is 0 Å². The number of benzene rings is 2. The second-order valence-electron chi connectivity index (χ2n) is 4.53. The minimum Gasteiger partial charge on any atom is -0.497 e. The van der Waals surface area contributed by atoms with Crippen molar-refractivity contribution in [3.8, 4) is 5.75 Å². The highest BCUT2D eigenvalue weighted by Crippen LogP contribution is 2.14. The SMILES string of the molecule is COc1cccc(C(CN=O)=NNC(=O)c2cccc(Br)c2)c1. The van der Waals surface area contributed by atoms with E-state index in [-0.39, 0.29) is 12.5 Å². The zero-order chi connectivity index (χ0) is 16.7. The van der Waals surface area contributed by atoms with Gasteiger partial charge in [-0.15, -0.1) is 0 Å². The van der Waals surface area contributed by atoms with Gasteiger partial charge in [0, 0.05) is 15.6 Å². The van der Waals surface area contributed by atoms with Crippen molar-refractivity contribution >= 4 is 27.5 Å². The van der Waals surface area contributed by atoms with Crippen LogP contribution >= 0.6 is 15.9 Å². The van der Waals surface area contributed by atoms with Gasteiger partial charge < -0.3 is 4.74 Å². The van der Waals surface area contributed by atoms with Crippen LogP contribution < -0.4 is 10.2 Å². The van der Waals surface area contributed by atoms with Crippen molar-refractivity contribution in [3.05, 3.63) is 69.0 Å². The van der Waals surface area contributed by atoms with Crippen molar-refractivity contribution < 1.29 is 9.53 Å². The van der Waals surface area contributed by atoms with Gasteiger partial charge in [-0.1, -0.05) is 39.3 Å². The highest BCUT2D eigenvalue weighted by molar-refractivity contribution is 9.10. The molecule has 0 unspecified atom stereocenters. The third kappa shape index (κ3) is 4.72. The molecular weight excluding hydrogens is 362 g/mol. The Hall–Kier alpha value is -2.54. The first-order valence-electron chi connectivity index (χ1n) is 6.70. The molecule has 7 heteroatoms. The maximum atomic E-state index is 12.1. The lowest BCUT2D eigenvalue weighted by Crippen LogP contribution is -2.21. The fourth-order valence-electron chi connectivity index (χ4n) is 1.87. The van der Waals surface area contributed by atoms with Gasteiger partial charge in [0.05, 0.1) is 12.8 Å². The Morgan fingerprint density at radius 2 is 1.91 bits per heavy atom. The Labute approximate surface area is 141 Å². The number of methoxy groups -OCH3 is 1. The molecule has 0 bridgehead atoms. The number of halogens is 1. The summed E-state index contributed by atoms with van der Waals surface area (Å²) in [7, 11) is 1.54. The first-order chi connectivity index (χ1) is 11.1. The van der Waals surface area contributed by atoms with Crippen LogP contribution in [-0.4, -0.2) is 25.3 Å². The highest BCUT2D eigenvalue weighted by atomic mass is 79.9. The molecule has 0 radical (unpaired) electrons. The molecule has 0 spiro atoms. The lowest BCUT2D eigenvalue weighted by atomic mass is 10.1. The Bertz CT molecular complexity index is 747. The van der Waals surface area contributed by atoms with Crippen molar-refractivity contribution in [3.63, 3.8) is 0 Å². The highest BCUT2D eigenvalue weighted by Gasteiger charge is 2.09. The number of hydrogen-bond donors (Lipinski definition) is 1. The summed E-state index contributed by atoms with van der Waals surface area (Å²) in [6.45, 7) is -0.161. The number of nitrogens with zero attached hydrogens (tertiary/aromatic N) is 2. The zero-order valence-corrected chi connectivity index (χ0v) is 13.9. The summed E-state index contributed by atoms with van der Waals surface area (Å²) in [6, 6.07) is 13.9. The summed E-state index contributed by atoms with van der Waals surface area (Å²) < 4.78 is 5.92. The van der Waals surface area contributed by atoms with Crippen LogP contribution in [0.4, 0.5) is 0 Å².